The number of hydrogen-bond donors (Lipinski definition) is 1. The van der Waals surface area contributed by atoms with E-state index in [2.05, 4.69) is 11.8 Å². The number of benzene rings is 1. The first-order chi connectivity index (χ1) is 7.31. The highest BCUT2D eigenvalue weighted by Crippen LogP contribution is 2.27. The van der Waals surface area contributed by atoms with Gasteiger partial charge in [-0.2, -0.15) is 0 Å². The lowest BCUT2D eigenvalue weighted by atomic mass is 10.2. The SMILES string of the molecule is CC#CCOc1cc(CN)ccc1OC. The van der Waals surface area contributed by atoms with Crippen LogP contribution in [0.4, 0.5) is 0 Å². The molecule has 0 heterocycles. The molecule has 0 amide bonds. The molecule has 0 atom stereocenters. The highest BCUT2D eigenvalue weighted by Gasteiger charge is 2.04. The number of ether oxygens (including phenoxy) is 2. The normalized spacial score (nSPS) is 9.00. The lowest BCUT2D eigenvalue weighted by Gasteiger charge is -2.09. The van der Waals surface area contributed by atoms with Crippen molar-refractivity contribution in [1.82, 2.24) is 0 Å². The zero-order valence-corrected chi connectivity index (χ0v) is 9.04. The monoisotopic (exact) mass is 205 g/mol. The molecule has 3 heteroatoms. The van der Waals surface area contributed by atoms with E-state index in [9.17, 15) is 0 Å². The molecule has 1 aromatic carbocycles. The summed E-state index contributed by atoms with van der Waals surface area (Å²) in [5, 5.41) is 0. The summed E-state index contributed by atoms with van der Waals surface area (Å²) < 4.78 is 10.6. The lowest BCUT2D eigenvalue weighted by molar-refractivity contribution is 0.330. The fraction of sp³-hybridized carbons (Fsp3) is 0.333. The van der Waals surface area contributed by atoms with Crippen molar-refractivity contribution in [3.8, 4) is 23.3 Å². The Labute approximate surface area is 90.2 Å². The Hall–Kier alpha value is -1.66. The third kappa shape index (κ3) is 3.19. The molecule has 0 bridgehead atoms. The molecular weight excluding hydrogens is 190 g/mol. The predicted molar refractivity (Wildman–Crippen MR) is 59.8 cm³/mol. The van der Waals surface area contributed by atoms with Crippen LogP contribution in [-0.2, 0) is 6.54 Å². The summed E-state index contributed by atoms with van der Waals surface area (Å²) in [4.78, 5) is 0. The summed E-state index contributed by atoms with van der Waals surface area (Å²) in [7, 11) is 1.61. The minimum atomic E-state index is 0.362. The molecule has 0 aliphatic carbocycles. The van der Waals surface area contributed by atoms with E-state index in [0.29, 0.717) is 24.7 Å². The fourth-order valence-corrected chi connectivity index (χ4v) is 1.15. The quantitative estimate of drug-likeness (QED) is 0.758. The van der Waals surface area contributed by atoms with Crippen LogP contribution < -0.4 is 15.2 Å². The molecule has 0 aliphatic heterocycles. The van der Waals surface area contributed by atoms with E-state index in [0.717, 1.165) is 5.56 Å². The summed E-state index contributed by atoms with van der Waals surface area (Å²) >= 11 is 0. The molecule has 0 aromatic heterocycles. The molecule has 1 rings (SSSR count). The first kappa shape index (κ1) is 11.4. The maximum atomic E-state index is 5.54. The van der Waals surface area contributed by atoms with Crippen molar-refractivity contribution in [2.75, 3.05) is 13.7 Å². The average molecular weight is 205 g/mol. The van der Waals surface area contributed by atoms with Crippen molar-refractivity contribution in [1.29, 1.82) is 0 Å². The van der Waals surface area contributed by atoms with Crippen LogP contribution in [0.15, 0.2) is 18.2 Å². The van der Waals surface area contributed by atoms with Crippen molar-refractivity contribution in [2.45, 2.75) is 13.5 Å². The molecule has 15 heavy (non-hydrogen) atoms. The van der Waals surface area contributed by atoms with Gasteiger partial charge in [0.2, 0.25) is 0 Å². The van der Waals surface area contributed by atoms with E-state index in [4.69, 9.17) is 15.2 Å². The first-order valence-corrected chi connectivity index (χ1v) is 4.71. The number of rotatable bonds is 4. The van der Waals surface area contributed by atoms with E-state index < -0.39 is 0 Å². The molecular formula is C12H15NO2. The molecule has 0 unspecified atom stereocenters. The standard InChI is InChI=1S/C12H15NO2/c1-3-4-7-15-12-8-10(9-13)5-6-11(12)14-2/h5-6,8H,7,9,13H2,1-2H3. The van der Waals surface area contributed by atoms with Gasteiger partial charge in [0.05, 0.1) is 7.11 Å². The Morgan fingerprint density at radius 3 is 2.73 bits per heavy atom. The van der Waals surface area contributed by atoms with Crippen LogP contribution in [0.25, 0.3) is 0 Å². The van der Waals surface area contributed by atoms with Crippen LogP contribution in [0.1, 0.15) is 12.5 Å². The third-order valence-corrected chi connectivity index (χ3v) is 1.94. The van der Waals surface area contributed by atoms with Gasteiger partial charge in [0, 0.05) is 6.54 Å². The molecule has 1 aromatic rings. The summed E-state index contributed by atoms with van der Waals surface area (Å²) in [5.74, 6) is 6.97. The largest absolute Gasteiger partial charge is 0.493 e. The van der Waals surface area contributed by atoms with Crippen LogP contribution >= 0.6 is 0 Å². The molecule has 0 spiro atoms. The first-order valence-electron chi connectivity index (χ1n) is 4.71. The van der Waals surface area contributed by atoms with Gasteiger partial charge in [0.1, 0.15) is 6.61 Å². The summed E-state index contributed by atoms with van der Waals surface area (Å²) in [6.45, 7) is 2.62. The van der Waals surface area contributed by atoms with Crippen molar-refractivity contribution < 1.29 is 9.47 Å². The molecule has 0 aliphatic rings. The van der Waals surface area contributed by atoms with Gasteiger partial charge in [0.15, 0.2) is 11.5 Å². The molecule has 80 valence electrons. The molecule has 3 nitrogen and oxygen atoms in total. The highest BCUT2D eigenvalue weighted by molar-refractivity contribution is 5.43. The Morgan fingerprint density at radius 1 is 1.33 bits per heavy atom. The minimum Gasteiger partial charge on any atom is -0.493 e. The van der Waals surface area contributed by atoms with E-state index in [1.807, 2.05) is 18.2 Å². The van der Waals surface area contributed by atoms with Crippen LogP contribution in [0.3, 0.4) is 0 Å². The van der Waals surface area contributed by atoms with Crippen molar-refractivity contribution in [3.05, 3.63) is 23.8 Å². The number of hydrogen-bond acceptors (Lipinski definition) is 3. The summed E-state index contributed by atoms with van der Waals surface area (Å²) in [6.07, 6.45) is 0. The molecule has 0 saturated carbocycles. The van der Waals surface area contributed by atoms with Gasteiger partial charge in [-0.05, 0) is 24.6 Å². The van der Waals surface area contributed by atoms with Crippen molar-refractivity contribution >= 4 is 0 Å². The second-order valence-corrected chi connectivity index (χ2v) is 2.90. The van der Waals surface area contributed by atoms with E-state index in [1.165, 1.54) is 0 Å². The minimum absolute atomic E-state index is 0.362. The third-order valence-electron chi connectivity index (χ3n) is 1.94. The second-order valence-electron chi connectivity index (χ2n) is 2.90. The maximum absolute atomic E-state index is 5.54. The van der Waals surface area contributed by atoms with Crippen molar-refractivity contribution in [3.63, 3.8) is 0 Å². The second kappa shape index (κ2) is 5.94. The van der Waals surface area contributed by atoms with Gasteiger partial charge in [0.25, 0.3) is 0 Å². The van der Waals surface area contributed by atoms with Gasteiger partial charge >= 0.3 is 0 Å². The highest BCUT2D eigenvalue weighted by atomic mass is 16.5. The molecule has 0 saturated heterocycles. The van der Waals surface area contributed by atoms with Crippen LogP contribution in [-0.4, -0.2) is 13.7 Å². The lowest BCUT2D eigenvalue weighted by Crippen LogP contribution is -2.00. The smallest absolute Gasteiger partial charge is 0.162 e. The Bertz CT molecular complexity index is 377. The Kier molecular flexibility index (Phi) is 4.52. The molecule has 2 N–H and O–H groups in total. The van der Waals surface area contributed by atoms with Gasteiger partial charge < -0.3 is 15.2 Å². The summed E-state index contributed by atoms with van der Waals surface area (Å²) in [5.41, 5.74) is 6.55. The van der Waals surface area contributed by atoms with Crippen molar-refractivity contribution in [2.24, 2.45) is 5.73 Å². The Morgan fingerprint density at radius 2 is 2.13 bits per heavy atom. The maximum Gasteiger partial charge on any atom is 0.162 e. The zero-order valence-electron chi connectivity index (χ0n) is 9.04. The summed E-state index contributed by atoms with van der Waals surface area (Å²) in [6, 6.07) is 5.63. The van der Waals surface area contributed by atoms with Gasteiger partial charge in [-0.3, -0.25) is 0 Å². The number of methoxy groups -OCH3 is 1. The van der Waals surface area contributed by atoms with Crippen LogP contribution in [0.5, 0.6) is 11.5 Å². The zero-order chi connectivity index (χ0) is 11.1. The van der Waals surface area contributed by atoms with Crippen LogP contribution in [0.2, 0.25) is 0 Å². The molecule has 0 radical (unpaired) electrons. The Balaban J connectivity index is 2.84. The van der Waals surface area contributed by atoms with Gasteiger partial charge in [-0.15, -0.1) is 5.92 Å². The van der Waals surface area contributed by atoms with Gasteiger partial charge in [-0.25, -0.2) is 0 Å². The predicted octanol–water partition coefficient (Wildman–Crippen LogP) is 1.56. The molecule has 0 fully saturated rings. The van der Waals surface area contributed by atoms with E-state index >= 15 is 0 Å². The van der Waals surface area contributed by atoms with E-state index in [-0.39, 0.29) is 0 Å². The fourth-order valence-electron chi connectivity index (χ4n) is 1.15. The van der Waals surface area contributed by atoms with Gasteiger partial charge in [-0.1, -0.05) is 12.0 Å². The number of nitrogens with two attached hydrogens (primary N) is 1. The van der Waals surface area contributed by atoms with Crippen LogP contribution in [0, 0.1) is 11.8 Å². The average Bonchev–Trinajstić information content (AvgIpc) is 2.29. The topological polar surface area (TPSA) is 44.5 Å². The van der Waals surface area contributed by atoms with E-state index in [1.54, 1.807) is 14.0 Å².